The summed E-state index contributed by atoms with van der Waals surface area (Å²) >= 11 is 5.70. The van der Waals surface area contributed by atoms with Gasteiger partial charge < -0.3 is 14.6 Å². The first kappa shape index (κ1) is 21.3. The highest BCUT2D eigenvalue weighted by molar-refractivity contribution is 7.99. The molecule has 0 radical (unpaired) electrons. The largest absolute Gasteiger partial charge is 0.383 e. The summed E-state index contributed by atoms with van der Waals surface area (Å²) in [5.41, 5.74) is 6.67. The molecule has 0 fully saturated rings. The monoisotopic (exact) mass is 412 g/mol. The van der Waals surface area contributed by atoms with Crippen LogP contribution in [0.2, 0.25) is 0 Å². The lowest BCUT2D eigenvalue weighted by atomic mass is 10.3. The van der Waals surface area contributed by atoms with Gasteiger partial charge >= 0.3 is 0 Å². The Morgan fingerprint density at radius 2 is 2.04 bits per heavy atom. The first-order valence-electron chi connectivity index (χ1n) is 8.21. The Labute approximate surface area is 167 Å². The Hall–Kier alpha value is -1.97. The number of hydrogen-bond acceptors (Lipinski definition) is 4. The molecule has 27 heavy (non-hydrogen) atoms. The number of benzene rings is 1. The van der Waals surface area contributed by atoms with E-state index in [4.69, 9.17) is 17.0 Å². The summed E-state index contributed by atoms with van der Waals surface area (Å²) < 4.78 is 31.9. The number of nitrogens with one attached hydrogen (secondary N) is 2. The van der Waals surface area contributed by atoms with Gasteiger partial charge in [-0.05, 0) is 56.4 Å². The molecule has 2 aromatic rings. The van der Waals surface area contributed by atoms with Gasteiger partial charge in [0.15, 0.2) is 5.11 Å². The van der Waals surface area contributed by atoms with Crippen LogP contribution >= 0.6 is 24.0 Å². The van der Waals surface area contributed by atoms with E-state index in [2.05, 4.69) is 20.4 Å². The van der Waals surface area contributed by atoms with E-state index in [1.165, 1.54) is 0 Å². The SMILES string of the molecule is COCCn1c(C)cc(C=NNC(=S)Nc2ccc(SC(F)F)cc2)c1C. The number of anilines is 1. The minimum atomic E-state index is -2.43. The van der Waals surface area contributed by atoms with Crippen molar-refractivity contribution in [1.29, 1.82) is 0 Å². The molecule has 2 rings (SSSR count). The van der Waals surface area contributed by atoms with Crippen molar-refractivity contribution < 1.29 is 13.5 Å². The van der Waals surface area contributed by atoms with Crippen LogP contribution in [0.3, 0.4) is 0 Å². The summed E-state index contributed by atoms with van der Waals surface area (Å²) in [6.07, 6.45) is 1.71. The van der Waals surface area contributed by atoms with Crippen molar-refractivity contribution in [3.63, 3.8) is 0 Å². The molecule has 0 aliphatic rings. The van der Waals surface area contributed by atoms with Crippen LogP contribution in [0.1, 0.15) is 17.0 Å². The summed E-state index contributed by atoms with van der Waals surface area (Å²) in [6, 6.07) is 8.64. The van der Waals surface area contributed by atoms with Crippen LogP contribution in [0.4, 0.5) is 14.5 Å². The Balaban J connectivity index is 1.90. The lowest BCUT2D eigenvalue weighted by molar-refractivity contribution is 0.186. The molecule has 1 heterocycles. The molecule has 0 aliphatic carbocycles. The number of alkyl halides is 2. The van der Waals surface area contributed by atoms with E-state index >= 15 is 0 Å². The molecule has 0 spiro atoms. The van der Waals surface area contributed by atoms with Crippen LogP contribution in [0.15, 0.2) is 40.3 Å². The molecule has 5 nitrogen and oxygen atoms in total. The van der Waals surface area contributed by atoms with Gasteiger partial charge in [-0.15, -0.1) is 0 Å². The number of hydrazone groups is 1. The average molecular weight is 413 g/mol. The lowest BCUT2D eigenvalue weighted by Crippen LogP contribution is -2.23. The number of aromatic nitrogens is 1. The summed E-state index contributed by atoms with van der Waals surface area (Å²) in [7, 11) is 1.68. The van der Waals surface area contributed by atoms with E-state index in [1.807, 2.05) is 19.9 Å². The maximum absolute atomic E-state index is 12.3. The van der Waals surface area contributed by atoms with Crippen molar-refractivity contribution in [2.75, 3.05) is 19.0 Å². The number of hydrogen-bond donors (Lipinski definition) is 2. The minimum Gasteiger partial charge on any atom is -0.383 e. The van der Waals surface area contributed by atoms with Gasteiger partial charge in [0.05, 0.1) is 12.8 Å². The summed E-state index contributed by atoms with van der Waals surface area (Å²) in [6.45, 7) is 5.50. The van der Waals surface area contributed by atoms with Gasteiger partial charge in [0, 0.05) is 41.2 Å². The first-order valence-corrected chi connectivity index (χ1v) is 9.50. The Kier molecular flexibility index (Phi) is 8.21. The van der Waals surface area contributed by atoms with Gasteiger partial charge in [0.2, 0.25) is 0 Å². The molecule has 1 aromatic heterocycles. The van der Waals surface area contributed by atoms with Gasteiger partial charge in [-0.1, -0.05) is 11.8 Å². The van der Waals surface area contributed by atoms with Crippen molar-refractivity contribution in [2.24, 2.45) is 5.10 Å². The van der Waals surface area contributed by atoms with Crippen molar-refractivity contribution in [3.05, 3.63) is 47.3 Å². The molecular weight excluding hydrogens is 390 g/mol. The molecule has 0 unspecified atom stereocenters. The maximum Gasteiger partial charge on any atom is 0.288 e. The zero-order chi connectivity index (χ0) is 19.8. The molecule has 2 N–H and O–H groups in total. The molecule has 0 saturated carbocycles. The predicted molar refractivity (Wildman–Crippen MR) is 111 cm³/mol. The number of halogens is 2. The fourth-order valence-corrected chi connectivity index (χ4v) is 3.19. The van der Waals surface area contributed by atoms with Gasteiger partial charge in [-0.2, -0.15) is 13.9 Å². The maximum atomic E-state index is 12.3. The molecule has 0 atom stereocenters. The fraction of sp³-hybridized carbons (Fsp3) is 0.333. The third kappa shape index (κ3) is 6.60. The van der Waals surface area contributed by atoms with Crippen molar-refractivity contribution in [2.45, 2.75) is 31.0 Å². The normalized spacial score (nSPS) is 11.3. The second-order valence-corrected chi connectivity index (χ2v) is 7.17. The number of thioether (sulfide) groups is 1. The second-order valence-electron chi connectivity index (χ2n) is 5.70. The number of thiocarbonyl (C=S) groups is 1. The summed E-state index contributed by atoms with van der Waals surface area (Å²) in [5, 5.41) is 7.43. The van der Waals surface area contributed by atoms with E-state index in [-0.39, 0.29) is 0 Å². The van der Waals surface area contributed by atoms with Crippen molar-refractivity contribution >= 4 is 41.0 Å². The summed E-state index contributed by atoms with van der Waals surface area (Å²) in [5.74, 6) is -2.43. The van der Waals surface area contributed by atoms with Gasteiger partial charge in [-0.25, -0.2) is 0 Å². The average Bonchev–Trinajstić information content (AvgIpc) is 2.88. The topological polar surface area (TPSA) is 50.6 Å². The van der Waals surface area contributed by atoms with E-state index in [1.54, 1.807) is 37.6 Å². The fourth-order valence-electron chi connectivity index (χ4n) is 2.52. The van der Waals surface area contributed by atoms with Crippen LogP contribution in [-0.4, -0.2) is 35.4 Å². The second kappa shape index (κ2) is 10.4. The Bertz CT molecular complexity index is 791. The van der Waals surface area contributed by atoms with E-state index < -0.39 is 5.76 Å². The first-order chi connectivity index (χ1) is 12.9. The van der Waals surface area contributed by atoms with Crippen LogP contribution in [0, 0.1) is 13.8 Å². The predicted octanol–water partition coefficient (Wildman–Crippen LogP) is 4.39. The molecule has 9 heteroatoms. The molecular formula is C18H22F2N4OS2. The molecule has 0 amide bonds. The zero-order valence-electron chi connectivity index (χ0n) is 15.3. The zero-order valence-corrected chi connectivity index (χ0v) is 17.0. The molecule has 146 valence electrons. The Morgan fingerprint density at radius 3 is 2.67 bits per heavy atom. The van der Waals surface area contributed by atoms with Gasteiger partial charge in [0.1, 0.15) is 0 Å². The highest BCUT2D eigenvalue weighted by Gasteiger charge is 2.07. The standard InChI is InChI=1S/C18H22F2N4OS2/c1-12-10-14(13(2)24(12)8-9-25-3)11-21-23-18(26)22-15-4-6-16(7-5-15)27-17(19)20/h4-7,10-11,17H,8-9H2,1-3H3,(H2,22,23,26). The minimum absolute atomic E-state index is 0.314. The molecule has 0 saturated heterocycles. The van der Waals surface area contributed by atoms with Crippen molar-refractivity contribution in [1.82, 2.24) is 9.99 Å². The number of aryl methyl sites for hydroxylation is 1. The third-order valence-corrected chi connectivity index (χ3v) is 4.75. The molecule has 0 bridgehead atoms. The van der Waals surface area contributed by atoms with E-state index in [9.17, 15) is 8.78 Å². The van der Waals surface area contributed by atoms with E-state index in [0.29, 0.717) is 34.1 Å². The lowest BCUT2D eigenvalue weighted by Gasteiger charge is -2.08. The van der Waals surface area contributed by atoms with Crippen molar-refractivity contribution in [3.8, 4) is 0 Å². The van der Waals surface area contributed by atoms with Crippen LogP contribution in [-0.2, 0) is 11.3 Å². The van der Waals surface area contributed by atoms with Crippen LogP contribution in [0.25, 0.3) is 0 Å². The van der Waals surface area contributed by atoms with E-state index in [0.717, 1.165) is 23.5 Å². The van der Waals surface area contributed by atoms with Crippen LogP contribution < -0.4 is 10.7 Å². The molecule has 0 aliphatic heterocycles. The quantitative estimate of drug-likeness (QED) is 0.292. The number of methoxy groups -OCH3 is 1. The number of rotatable bonds is 8. The Morgan fingerprint density at radius 1 is 1.33 bits per heavy atom. The molecule has 1 aromatic carbocycles. The number of nitrogens with zero attached hydrogens (tertiary/aromatic N) is 2. The van der Waals surface area contributed by atoms with Crippen LogP contribution in [0.5, 0.6) is 0 Å². The smallest absolute Gasteiger partial charge is 0.288 e. The number of ether oxygens (including phenoxy) is 1. The van der Waals surface area contributed by atoms with Gasteiger partial charge in [-0.3, -0.25) is 5.43 Å². The highest BCUT2D eigenvalue weighted by Crippen LogP contribution is 2.26. The third-order valence-electron chi connectivity index (χ3n) is 3.84. The highest BCUT2D eigenvalue weighted by atomic mass is 32.2. The summed E-state index contributed by atoms with van der Waals surface area (Å²) in [4.78, 5) is 0.497. The van der Waals surface area contributed by atoms with Gasteiger partial charge in [0.25, 0.3) is 5.76 Å².